The summed E-state index contributed by atoms with van der Waals surface area (Å²) in [6.07, 6.45) is 1.24. The van der Waals surface area contributed by atoms with Gasteiger partial charge in [-0.15, -0.1) is 0 Å². The Hall–Kier alpha value is -1.35. The first kappa shape index (κ1) is 14.6. The largest absolute Gasteiger partial charge is 0.342 e. The van der Waals surface area contributed by atoms with Crippen molar-refractivity contribution >= 4 is 5.91 Å². The highest BCUT2D eigenvalue weighted by Gasteiger charge is 2.38. The molecule has 21 heavy (non-hydrogen) atoms. The summed E-state index contributed by atoms with van der Waals surface area (Å²) in [6, 6.07) is 10.5. The SMILES string of the molecule is CC1CC(C)CN(C(=O)C2CNCC2c2ccccc2)C1. The molecule has 0 aromatic heterocycles. The van der Waals surface area contributed by atoms with Crippen LogP contribution in [-0.4, -0.2) is 37.0 Å². The highest BCUT2D eigenvalue weighted by atomic mass is 16.2. The number of piperidine rings is 1. The first-order valence-corrected chi connectivity index (χ1v) is 8.19. The van der Waals surface area contributed by atoms with Gasteiger partial charge in [0, 0.05) is 32.1 Å². The van der Waals surface area contributed by atoms with E-state index in [9.17, 15) is 4.79 Å². The van der Waals surface area contributed by atoms with Crippen LogP contribution < -0.4 is 5.32 Å². The molecule has 0 radical (unpaired) electrons. The van der Waals surface area contributed by atoms with Crippen molar-refractivity contribution in [3.8, 4) is 0 Å². The van der Waals surface area contributed by atoms with Crippen molar-refractivity contribution in [2.24, 2.45) is 17.8 Å². The molecule has 1 aromatic carbocycles. The van der Waals surface area contributed by atoms with Crippen LogP contribution in [-0.2, 0) is 4.79 Å². The van der Waals surface area contributed by atoms with Gasteiger partial charge in [-0.25, -0.2) is 0 Å². The monoisotopic (exact) mass is 286 g/mol. The lowest BCUT2D eigenvalue weighted by molar-refractivity contribution is -0.138. The van der Waals surface area contributed by atoms with E-state index < -0.39 is 0 Å². The van der Waals surface area contributed by atoms with Crippen LogP contribution in [0.25, 0.3) is 0 Å². The molecule has 3 nitrogen and oxygen atoms in total. The number of hydrogen-bond donors (Lipinski definition) is 1. The number of hydrogen-bond acceptors (Lipinski definition) is 2. The standard InChI is InChI=1S/C18H26N2O/c1-13-8-14(2)12-20(11-13)18(21)17-10-19-9-16(17)15-6-4-3-5-7-15/h3-7,13-14,16-17,19H,8-12H2,1-2H3. The van der Waals surface area contributed by atoms with E-state index in [1.165, 1.54) is 12.0 Å². The van der Waals surface area contributed by atoms with Gasteiger partial charge in [-0.1, -0.05) is 44.2 Å². The number of benzene rings is 1. The third-order valence-corrected chi connectivity index (χ3v) is 4.94. The van der Waals surface area contributed by atoms with Gasteiger partial charge >= 0.3 is 0 Å². The summed E-state index contributed by atoms with van der Waals surface area (Å²) in [5.41, 5.74) is 1.29. The van der Waals surface area contributed by atoms with Gasteiger partial charge in [-0.05, 0) is 23.8 Å². The van der Waals surface area contributed by atoms with E-state index in [2.05, 4.69) is 48.3 Å². The van der Waals surface area contributed by atoms with E-state index in [0.717, 1.165) is 26.2 Å². The van der Waals surface area contributed by atoms with Crippen molar-refractivity contribution in [1.82, 2.24) is 10.2 Å². The Kier molecular flexibility index (Phi) is 4.29. The second-order valence-electron chi connectivity index (χ2n) is 6.97. The molecule has 0 saturated carbocycles. The maximum absolute atomic E-state index is 13.0. The normalized spacial score (nSPS) is 33.1. The second-order valence-corrected chi connectivity index (χ2v) is 6.97. The molecule has 0 bridgehead atoms. The first-order valence-electron chi connectivity index (χ1n) is 8.19. The van der Waals surface area contributed by atoms with E-state index in [4.69, 9.17) is 0 Å². The predicted molar refractivity (Wildman–Crippen MR) is 85.1 cm³/mol. The third kappa shape index (κ3) is 3.13. The highest BCUT2D eigenvalue weighted by Crippen LogP contribution is 2.31. The molecular formula is C18H26N2O. The summed E-state index contributed by atoms with van der Waals surface area (Å²) in [5, 5.41) is 3.42. The number of amides is 1. The van der Waals surface area contributed by atoms with Crippen molar-refractivity contribution < 1.29 is 4.79 Å². The maximum Gasteiger partial charge on any atom is 0.227 e. The lowest BCUT2D eigenvalue weighted by atomic mass is 9.86. The van der Waals surface area contributed by atoms with Crippen molar-refractivity contribution in [2.45, 2.75) is 26.2 Å². The molecule has 2 aliphatic rings. The molecule has 2 aliphatic heterocycles. The van der Waals surface area contributed by atoms with E-state index >= 15 is 0 Å². The quantitative estimate of drug-likeness (QED) is 0.906. The summed E-state index contributed by atoms with van der Waals surface area (Å²) < 4.78 is 0. The van der Waals surface area contributed by atoms with Crippen LogP contribution in [0.4, 0.5) is 0 Å². The topological polar surface area (TPSA) is 32.3 Å². The average Bonchev–Trinajstić information content (AvgIpc) is 2.95. The minimum absolute atomic E-state index is 0.102. The molecule has 3 rings (SSSR count). The summed E-state index contributed by atoms with van der Waals surface area (Å²) in [6.45, 7) is 8.12. The maximum atomic E-state index is 13.0. The smallest absolute Gasteiger partial charge is 0.227 e. The number of likely N-dealkylation sites (tertiary alicyclic amines) is 1. The molecule has 3 heteroatoms. The molecule has 1 amide bonds. The first-order chi connectivity index (χ1) is 10.1. The Morgan fingerprint density at radius 3 is 2.43 bits per heavy atom. The fourth-order valence-corrected chi connectivity index (χ4v) is 4.07. The number of nitrogens with zero attached hydrogens (tertiary/aromatic N) is 1. The zero-order chi connectivity index (χ0) is 14.8. The number of carbonyl (C=O) groups is 1. The fraction of sp³-hybridized carbons (Fsp3) is 0.611. The molecule has 4 atom stereocenters. The third-order valence-electron chi connectivity index (χ3n) is 4.94. The highest BCUT2D eigenvalue weighted by molar-refractivity contribution is 5.80. The minimum atomic E-state index is 0.102. The minimum Gasteiger partial charge on any atom is -0.342 e. The second kappa shape index (κ2) is 6.18. The van der Waals surface area contributed by atoms with Gasteiger partial charge in [-0.3, -0.25) is 4.79 Å². The zero-order valence-corrected chi connectivity index (χ0v) is 13.1. The summed E-state index contributed by atoms with van der Waals surface area (Å²) in [7, 11) is 0. The van der Waals surface area contributed by atoms with Crippen LogP contribution in [0.15, 0.2) is 30.3 Å². The Morgan fingerprint density at radius 2 is 1.76 bits per heavy atom. The van der Waals surface area contributed by atoms with Crippen molar-refractivity contribution in [2.75, 3.05) is 26.2 Å². The summed E-state index contributed by atoms with van der Waals surface area (Å²) >= 11 is 0. The Bertz CT molecular complexity index is 477. The van der Waals surface area contributed by atoms with Crippen LogP contribution in [0.3, 0.4) is 0 Å². The Labute approximate surface area is 127 Å². The summed E-state index contributed by atoms with van der Waals surface area (Å²) in [4.78, 5) is 15.1. The Morgan fingerprint density at radius 1 is 1.10 bits per heavy atom. The zero-order valence-electron chi connectivity index (χ0n) is 13.1. The van der Waals surface area contributed by atoms with E-state index in [1.54, 1.807) is 0 Å². The number of rotatable bonds is 2. The van der Waals surface area contributed by atoms with Gasteiger partial charge < -0.3 is 10.2 Å². The number of carbonyl (C=O) groups excluding carboxylic acids is 1. The molecular weight excluding hydrogens is 260 g/mol. The van der Waals surface area contributed by atoms with Gasteiger partial charge in [0.1, 0.15) is 0 Å². The fourth-order valence-electron chi connectivity index (χ4n) is 4.07. The lowest BCUT2D eigenvalue weighted by Gasteiger charge is -2.37. The van der Waals surface area contributed by atoms with Crippen LogP contribution in [0.1, 0.15) is 31.7 Å². The molecule has 114 valence electrons. The molecule has 0 spiro atoms. The van der Waals surface area contributed by atoms with Crippen LogP contribution in [0.2, 0.25) is 0 Å². The van der Waals surface area contributed by atoms with Gasteiger partial charge in [0.15, 0.2) is 0 Å². The molecule has 4 unspecified atom stereocenters. The average molecular weight is 286 g/mol. The van der Waals surface area contributed by atoms with Crippen molar-refractivity contribution in [3.63, 3.8) is 0 Å². The Balaban J connectivity index is 1.74. The number of nitrogens with one attached hydrogen (secondary N) is 1. The molecule has 2 heterocycles. The van der Waals surface area contributed by atoms with E-state index in [1.807, 2.05) is 6.07 Å². The predicted octanol–water partition coefficient (Wildman–Crippen LogP) is 2.49. The van der Waals surface area contributed by atoms with E-state index in [-0.39, 0.29) is 5.92 Å². The van der Waals surface area contributed by atoms with Crippen molar-refractivity contribution in [1.29, 1.82) is 0 Å². The van der Waals surface area contributed by atoms with Crippen molar-refractivity contribution in [3.05, 3.63) is 35.9 Å². The molecule has 1 N–H and O–H groups in total. The van der Waals surface area contributed by atoms with Crippen LogP contribution >= 0.6 is 0 Å². The summed E-state index contributed by atoms with van der Waals surface area (Å²) in [5.74, 6) is 2.04. The van der Waals surface area contributed by atoms with Crippen LogP contribution in [0, 0.1) is 17.8 Å². The lowest BCUT2D eigenvalue weighted by Crippen LogP contribution is -2.46. The van der Waals surface area contributed by atoms with Crippen LogP contribution in [0.5, 0.6) is 0 Å². The molecule has 0 aliphatic carbocycles. The van der Waals surface area contributed by atoms with Gasteiger partial charge in [0.2, 0.25) is 5.91 Å². The van der Waals surface area contributed by atoms with Gasteiger partial charge in [0.25, 0.3) is 0 Å². The van der Waals surface area contributed by atoms with Gasteiger partial charge in [0.05, 0.1) is 5.92 Å². The van der Waals surface area contributed by atoms with E-state index in [0.29, 0.717) is 23.7 Å². The molecule has 1 aromatic rings. The van der Waals surface area contributed by atoms with Gasteiger partial charge in [-0.2, -0.15) is 0 Å². The molecule has 2 saturated heterocycles. The molecule has 2 fully saturated rings.